The van der Waals surface area contributed by atoms with Crippen LogP contribution in [0, 0.1) is 0 Å². The molecule has 8 heterocycles. The molecule has 0 aromatic carbocycles. The topological polar surface area (TPSA) is 339 Å². The Labute approximate surface area is 586 Å². The first kappa shape index (κ1) is 93.0. The summed E-state index contributed by atoms with van der Waals surface area (Å²) in [7, 11) is 18.5. The molecule has 8 saturated heterocycles. The van der Waals surface area contributed by atoms with Gasteiger partial charge in [-0.25, -0.2) is 0 Å². The third-order valence-electron chi connectivity index (χ3n) is 17.3. The van der Waals surface area contributed by atoms with Gasteiger partial charge in [-0.2, -0.15) is 0 Å². The van der Waals surface area contributed by atoms with E-state index in [1.54, 1.807) is 56.4 Å². The van der Waals surface area contributed by atoms with Crippen molar-refractivity contribution in [1.82, 2.24) is 91.5 Å². The van der Waals surface area contributed by atoms with Gasteiger partial charge in [0.1, 0.15) is 0 Å². The highest BCUT2D eigenvalue weighted by atomic mass is 16.6. The Balaban J connectivity index is 0.00000110. The van der Waals surface area contributed by atoms with Crippen molar-refractivity contribution in [3.8, 4) is 0 Å². The van der Waals surface area contributed by atoms with Gasteiger partial charge in [-0.15, -0.1) is 0 Å². The van der Waals surface area contributed by atoms with Crippen LogP contribution in [-0.4, -0.2) is 353 Å². The van der Waals surface area contributed by atoms with Gasteiger partial charge in [-0.05, 0) is 148 Å². The van der Waals surface area contributed by atoms with Crippen LogP contribution in [0.2, 0.25) is 0 Å². The summed E-state index contributed by atoms with van der Waals surface area (Å²) in [5.74, 6) is 0. The number of nitrogens with one attached hydrogen (secondary N) is 8. The second-order valence-electron chi connectivity index (χ2n) is 23.9. The first-order chi connectivity index (χ1) is 47.3. The maximum Gasteiger partial charge on any atom is 0.295 e. The SMILES string of the molecule is C.CNC(OC=O)N1CCCC1.CNC(OC=O)N1CCCCC1.CNC(OC=O)N1CCCCC1.CNC(OC=O)N1CCCCC1.CNC(OC=O)N1CCCCC1.CNC(OC=O)N1CCCCC1.CNC(OC=O)N1CCN(C)CC1.CNC(OC=O)N1CCN(C)CC1. The fraction of sp³-hybridized carbons (Fsp3) is 0.875. The van der Waals surface area contributed by atoms with Crippen molar-refractivity contribution < 1.29 is 76.3 Å². The number of likely N-dealkylation sites (tertiary alicyclic amines) is 6. The van der Waals surface area contributed by atoms with Crippen LogP contribution in [0.3, 0.4) is 0 Å². The van der Waals surface area contributed by atoms with Gasteiger partial charge in [0.05, 0.1) is 0 Å². The summed E-state index contributed by atoms with van der Waals surface area (Å²) in [6.07, 6.45) is 18.8. The van der Waals surface area contributed by atoms with E-state index in [4.69, 9.17) is 37.9 Å². The smallest absolute Gasteiger partial charge is 0.295 e. The molecule has 0 spiro atoms. The summed E-state index contributed by atoms with van der Waals surface area (Å²) in [6.45, 7) is 23.9. The highest BCUT2D eigenvalue weighted by Crippen LogP contribution is 2.16. The molecule has 8 rings (SSSR count). The first-order valence-electron chi connectivity index (χ1n) is 34.8. The fourth-order valence-corrected chi connectivity index (χ4v) is 12.0. The van der Waals surface area contributed by atoms with Crippen molar-refractivity contribution in [3.05, 3.63) is 0 Å². The molecule has 0 aromatic heterocycles. The van der Waals surface area contributed by atoms with E-state index < -0.39 is 0 Å². The fourth-order valence-electron chi connectivity index (χ4n) is 12.0. The van der Waals surface area contributed by atoms with Gasteiger partial charge in [0.2, 0.25) is 50.8 Å². The van der Waals surface area contributed by atoms with Gasteiger partial charge in [0.15, 0.2) is 0 Å². The van der Waals surface area contributed by atoms with E-state index in [1.165, 1.54) is 109 Å². The zero-order valence-electron chi connectivity index (χ0n) is 60.4. The Morgan fingerprint density at radius 3 is 0.429 bits per heavy atom. The summed E-state index contributed by atoms with van der Waals surface area (Å²) < 4.78 is 38.9. The Morgan fingerprint density at radius 1 is 0.204 bits per heavy atom. The molecule has 8 fully saturated rings. The molecule has 574 valence electrons. The second kappa shape index (κ2) is 63.0. The number of hydrogen-bond donors (Lipinski definition) is 8. The molecule has 0 radical (unpaired) electrons. The Morgan fingerprint density at radius 2 is 0.316 bits per heavy atom. The van der Waals surface area contributed by atoms with Gasteiger partial charge < -0.3 is 47.7 Å². The average Bonchev–Trinajstić information content (AvgIpc) is 1.50. The molecule has 34 nitrogen and oxygen atoms in total. The Hall–Kier alpha value is -4.96. The number of likely N-dealkylation sites (N-methyl/N-ethyl adjacent to an activating group) is 2. The average molecular weight is 1410 g/mol. The molecular formula is C64H132N18O16. The predicted molar refractivity (Wildman–Crippen MR) is 373 cm³/mol. The number of carbonyl (C=O) groups is 8. The number of piperazine rings is 2. The van der Waals surface area contributed by atoms with Crippen molar-refractivity contribution in [1.29, 1.82) is 0 Å². The number of piperidine rings is 5. The maximum atomic E-state index is 10.2. The van der Waals surface area contributed by atoms with Gasteiger partial charge in [0.25, 0.3) is 51.8 Å². The molecule has 8 unspecified atom stereocenters. The van der Waals surface area contributed by atoms with E-state index in [9.17, 15) is 38.4 Å². The molecule has 0 saturated carbocycles. The largest absolute Gasteiger partial charge is 0.435 e. The monoisotopic (exact) mass is 1410 g/mol. The minimum Gasteiger partial charge on any atom is -0.435 e. The normalized spacial score (nSPS) is 21.7. The zero-order chi connectivity index (χ0) is 71.5. The standard InChI is InChI=1S/2C8H17N3O2.5C8H16N2O2.C7H14N2O2.CH4/c2*1-9-8(13-7-12)11-5-3-10(2)4-6-11;5*1-9-8(12-7-11)10-5-3-2-4-6-10;1-8-7(11-6-10)9-4-2-3-5-9;/h2*7-9H,3-6H2,1-2H3;5*7-9H,2-6H2,1H3;6-8H,2-5H2,1H3;1H4. The minimum atomic E-state index is -0.272. The Bertz CT molecular complexity index is 1680. The van der Waals surface area contributed by atoms with Gasteiger partial charge in [0, 0.05) is 131 Å². The minimum absolute atomic E-state index is 0. The highest BCUT2D eigenvalue weighted by molar-refractivity contribution is 5.39. The molecule has 0 aromatic rings. The lowest BCUT2D eigenvalue weighted by atomic mass is 10.1. The highest BCUT2D eigenvalue weighted by Gasteiger charge is 2.27. The number of rotatable bonds is 32. The lowest BCUT2D eigenvalue weighted by molar-refractivity contribution is -0.149. The van der Waals surface area contributed by atoms with Crippen molar-refractivity contribution in [2.45, 2.75) is 167 Å². The van der Waals surface area contributed by atoms with Crippen LogP contribution in [0.15, 0.2) is 0 Å². The lowest BCUT2D eigenvalue weighted by Crippen LogP contribution is -2.54. The molecule has 34 heteroatoms. The van der Waals surface area contributed by atoms with Crippen molar-refractivity contribution in [2.75, 3.05) is 201 Å². The van der Waals surface area contributed by atoms with E-state index in [2.05, 4.69) is 106 Å². The second-order valence-corrected chi connectivity index (χ2v) is 23.9. The quantitative estimate of drug-likeness (QED) is 0.0226. The summed E-state index contributed by atoms with van der Waals surface area (Å²) in [5, 5.41) is 23.5. The molecule has 8 aliphatic rings. The van der Waals surface area contributed by atoms with Crippen LogP contribution < -0.4 is 42.5 Å². The van der Waals surface area contributed by atoms with Crippen LogP contribution in [0.25, 0.3) is 0 Å². The van der Waals surface area contributed by atoms with Crippen LogP contribution in [0.1, 0.15) is 117 Å². The van der Waals surface area contributed by atoms with Crippen LogP contribution in [0.4, 0.5) is 0 Å². The van der Waals surface area contributed by atoms with Crippen molar-refractivity contribution in [3.63, 3.8) is 0 Å². The molecule has 8 atom stereocenters. The van der Waals surface area contributed by atoms with Crippen LogP contribution in [-0.2, 0) is 76.3 Å². The third-order valence-corrected chi connectivity index (χ3v) is 17.3. The van der Waals surface area contributed by atoms with Crippen LogP contribution in [0.5, 0.6) is 0 Å². The molecular weight excluding hydrogens is 1280 g/mol. The summed E-state index contributed by atoms with van der Waals surface area (Å²) in [5.41, 5.74) is 0. The van der Waals surface area contributed by atoms with Gasteiger partial charge >= 0.3 is 0 Å². The molecule has 0 bridgehead atoms. The zero-order valence-corrected chi connectivity index (χ0v) is 60.4. The summed E-state index contributed by atoms with van der Waals surface area (Å²) in [4.78, 5) is 103. The van der Waals surface area contributed by atoms with E-state index in [0.29, 0.717) is 51.8 Å². The third kappa shape index (κ3) is 41.1. The molecule has 8 aliphatic heterocycles. The van der Waals surface area contributed by atoms with E-state index >= 15 is 0 Å². The van der Waals surface area contributed by atoms with Crippen molar-refractivity contribution in [2.24, 2.45) is 0 Å². The molecule has 0 aliphatic carbocycles. The van der Waals surface area contributed by atoms with Gasteiger partial charge in [-0.3, -0.25) is 120 Å². The van der Waals surface area contributed by atoms with Crippen LogP contribution >= 0.6 is 0 Å². The van der Waals surface area contributed by atoms with Gasteiger partial charge in [-0.1, -0.05) is 39.5 Å². The number of carbonyl (C=O) groups excluding carboxylic acids is 8. The van der Waals surface area contributed by atoms with Crippen molar-refractivity contribution >= 4 is 51.8 Å². The Kier molecular flexibility index (Phi) is 59.8. The molecule has 98 heavy (non-hydrogen) atoms. The maximum absolute atomic E-state index is 10.2. The first-order valence-corrected chi connectivity index (χ1v) is 34.8. The molecule has 0 amide bonds. The number of ether oxygens (including phenoxy) is 8. The predicted octanol–water partition coefficient (Wildman–Crippen LogP) is -1.04. The number of nitrogens with zero attached hydrogens (tertiary/aromatic N) is 10. The molecule has 8 N–H and O–H groups in total. The summed E-state index contributed by atoms with van der Waals surface area (Å²) in [6, 6.07) is 0. The van der Waals surface area contributed by atoms with E-state index in [0.717, 1.165) is 131 Å². The van der Waals surface area contributed by atoms with E-state index in [1.807, 2.05) is 0 Å². The summed E-state index contributed by atoms with van der Waals surface area (Å²) >= 11 is 0. The lowest BCUT2D eigenvalue weighted by Gasteiger charge is -2.36. The number of hydrogen-bond acceptors (Lipinski definition) is 34. The van der Waals surface area contributed by atoms with E-state index in [-0.39, 0.29) is 58.2 Å².